The van der Waals surface area contributed by atoms with E-state index in [4.69, 9.17) is 11.6 Å². The van der Waals surface area contributed by atoms with Crippen molar-refractivity contribution in [1.82, 2.24) is 14.5 Å². The van der Waals surface area contributed by atoms with Gasteiger partial charge in [0.05, 0.1) is 5.88 Å². The molecular weight excluding hydrogens is 258 g/mol. The molecule has 0 aliphatic rings. The highest BCUT2D eigenvalue weighted by atomic mass is 35.5. The zero-order chi connectivity index (χ0) is 13.8. The van der Waals surface area contributed by atoms with Crippen LogP contribution < -0.4 is 0 Å². The van der Waals surface area contributed by atoms with Gasteiger partial charge in [-0.15, -0.1) is 11.6 Å². The van der Waals surface area contributed by atoms with Crippen LogP contribution in [0.5, 0.6) is 0 Å². The minimum atomic E-state index is 0.402. The molecule has 19 heavy (non-hydrogen) atoms. The van der Waals surface area contributed by atoms with Gasteiger partial charge in [-0.2, -0.15) is 0 Å². The summed E-state index contributed by atoms with van der Waals surface area (Å²) in [5.74, 6) is 1.37. The summed E-state index contributed by atoms with van der Waals surface area (Å²) in [6, 6.07) is 2.40. The van der Waals surface area contributed by atoms with Crippen LogP contribution in [0.4, 0.5) is 0 Å². The Bertz CT molecular complexity index is 548. The Balaban J connectivity index is 2.37. The largest absolute Gasteiger partial charge is 0.309 e. The summed E-state index contributed by atoms with van der Waals surface area (Å²) in [7, 11) is 0. The van der Waals surface area contributed by atoms with Crippen molar-refractivity contribution in [1.29, 1.82) is 0 Å². The highest BCUT2D eigenvalue weighted by Crippen LogP contribution is 2.25. The van der Waals surface area contributed by atoms with Crippen molar-refractivity contribution >= 4 is 22.8 Å². The average molecular weight is 280 g/mol. The number of imidazole rings is 1. The van der Waals surface area contributed by atoms with E-state index in [2.05, 4.69) is 35.3 Å². The predicted octanol–water partition coefficient (Wildman–Crippen LogP) is 4.62. The SMILES string of the molecule is CCCCCC(C)n1c(CCl)nc2c(C)ccnc21. The number of aromatic nitrogens is 3. The van der Waals surface area contributed by atoms with Crippen LogP contribution in [0.25, 0.3) is 11.2 Å². The first kappa shape index (κ1) is 14.3. The molecule has 0 amide bonds. The lowest BCUT2D eigenvalue weighted by Crippen LogP contribution is -2.09. The fourth-order valence-corrected chi connectivity index (χ4v) is 2.72. The Morgan fingerprint density at radius 1 is 1.37 bits per heavy atom. The number of aryl methyl sites for hydroxylation is 1. The predicted molar refractivity (Wildman–Crippen MR) is 80.7 cm³/mol. The second kappa shape index (κ2) is 6.38. The van der Waals surface area contributed by atoms with E-state index in [-0.39, 0.29) is 0 Å². The van der Waals surface area contributed by atoms with Gasteiger partial charge >= 0.3 is 0 Å². The standard InChI is InChI=1S/C15H22ClN3/c1-4-5-6-7-12(3)19-13(10-16)18-14-11(2)8-9-17-15(14)19/h8-9,12H,4-7,10H2,1-3H3. The Labute approximate surface area is 120 Å². The van der Waals surface area contributed by atoms with Crippen LogP contribution in [-0.4, -0.2) is 14.5 Å². The van der Waals surface area contributed by atoms with Gasteiger partial charge in [0.1, 0.15) is 11.3 Å². The lowest BCUT2D eigenvalue weighted by molar-refractivity contribution is 0.475. The molecule has 0 radical (unpaired) electrons. The molecule has 0 aliphatic carbocycles. The molecule has 0 spiro atoms. The first-order valence-electron chi connectivity index (χ1n) is 7.07. The summed E-state index contributed by atoms with van der Waals surface area (Å²) in [4.78, 5) is 9.15. The maximum Gasteiger partial charge on any atom is 0.160 e. The minimum absolute atomic E-state index is 0.402. The fraction of sp³-hybridized carbons (Fsp3) is 0.600. The van der Waals surface area contributed by atoms with Crippen LogP contribution in [0, 0.1) is 6.92 Å². The maximum atomic E-state index is 6.05. The molecule has 4 heteroatoms. The topological polar surface area (TPSA) is 30.7 Å². The number of alkyl halides is 1. The van der Waals surface area contributed by atoms with Crippen molar-refractivity contribution < 1.29 is 0 Å². The fourth-order valence-electron chi connectivity index (χ4n) is 2.53. The number of hydrogen-bond donors (Lipinski definition) is 0. The molecule has 0 N–H and O–H groups in total. The number of pyridine rings is 1. The molecule has 0 bridgehead atoms. The second-order valence-corrected chi connectivity index (χ2v) is 5.44. The molecule has 1 atom stereocenters. The zero-order valence-electron chi connectivity index (χ0n) is 12.0. The Morgan fingerprint density at radius 3 is 2.84 bits per heavy atom. The first-order chi connectivity index (χ1) is 9.19. The van der Waals surface area contributed by atoms with Gasteiger partial charge in [-0.25, -0.2) is 9.97 Å². The number of nitrogens with zero attached hydrogens (tertiary/aromatic N) is 3. The number of halogens is 1. The monoisotopic (exact) mass is 279 g/mol. The molecule has 0 aliphatic heterocycles. The zero-order valence-corrected chi connectivity index (χ0v) is 12.7. The van der Waals surface area contributed by atoms with E-state index in [0.29, 0.717) is 11.9 Å². The van der Waals surface area contributed by atoms with Crippen LogP contribution in [0.3, 0.4) is 0 Å². The summed E-state index contributed by atoms with van der Waals surface area (Å²) in [6.07, 6.45) is 6.77. The van der Waals surface area contributed by atoms with Crippen molar-refractivity contribution in [2.45, 2.75) is 58.4 Å². The van der Waals surface area contributed by atoms with Crippen molar-refractivity contribution in [2.75, 3.05) is 0 Å². The number of fused-ring (bicyclic) bond motifs is 1. The molecular formula is C15H22ClN3. The van der Waals surface area contributed by atoms with Crippen LogP contribution in [0.1, 0.15) is 57.0 Å². The first-order valence-corrected chi connectivity index (χ1v) is 7.60. The molecule has 3 nitrogen and oxygen atoms in total. The van der Waals surface area contributed by atoms with Crippen molar-refractivity contribution in [3.05, 3.63) is 23.7 Å². The van der Waals surface area contributed by atoms with Crippen LogP contribution in [0.15, 0.2) is 12.3 Å². The molecule has 0 aromatic carbocycles. The Hall–Kier alpha value is -1.09. The summed E-state index contributed by atoms with van der Waals surface area (Å²) in [5.41, 5.74) is 3.12. The molecule has 104 valence electrons. The van der Waals surface area contributed by atoms with E-state index in [9.17, 15) is 0 Å². The molecule has 0 fully saturated rings. The third-order valence-electron chi connectivity index (χ3n) is 3.64. The molecule has 0 saturated carbocycles. The third kappa shape index (κ3) is 2.92. The van der Waals surface area contributed by atoms with Gasteiger partial charge < -0.3 is 4.57 Å². The summed E-state index contributed by atoms with van der Waals surface area (Å²) in [5, 5.41) is 0. The van der Waals surface area contributed by atoms with Crippen LogP contribution in [0.2, 0.25) is 0 Å². The average Bonchev–Trinajstić information content (AvgIpc) is 2.79. The molecule has 2 rings (SSSR count). The van der Waals surface area contributed by atoms with Gasteiger partial charge in [-0.3, -0.25) is 0 Å². The highest BCUT2D eigenvalue weighted by molar-refractivity contribution is 6.16. The normalized spacial score (nSPS) is 13.1. The van der Waals surface area contributed by atoms with Crippen LogP contribution in [-0.2, 0) is 5.88 Å². The van der Waals surface area contributed by atoms with Gasteiger partial charge in [-0.05, 0) is 31.9 Å². The molecule has 2 heterocycles. The van der Waals surface area contributed by atoms with Gasteiger partial charge in [0.15, 0.2) is 5.65 Å². The van der Waals surface area contributed by atoms with E-state index < -0.39 is 0 Å². The van der Waals surface area contributed by atoms with Crippen LogP contribution >= 0.6 is 11.6 Å². The van der Waals surface area contributed by atoms with E-state index >= 15 is 0 Å². The molecule has 0 saturated heterocycles. The van der Waals surface area contributed by atoms with E-state index in [0.717, 1.165) is 29.0 Å². The molecule has 1 unspecified atom stereocenters. The van der Waals surface area contributed by atoms with Crippen molar-refractivity contribution in [2.24, 2.45) is 0 Å². The highest BCUT2D eigenvalue weighted by Gasteiger charge is 2.16. The second-order valence-electron chi connectivity index (χ2n) is 5.18. The van der Waals surface area contributed by atoms with Gasteiger partial charge in [0.25, 0.3) is 0 Å². The lowest BCUT2D eigenvalue weighted by atomic mass is 10.1. The minimum Gasteiger partial charge on any atom is -0.309 e. The Morgan fingerprint density at radius 2 is 2.16 bits per heavy atom. The number of unbranched alkanes of at least 4 members (excludes halogenated alkanes) is 2. The number of rotatable bonds is 6. The summed E-state index contributed by atoms with van der Waals surface area (Å²) in [6.45, 7) is 6.53. The van der Waals surface area contributed by atoms with E-state index in [1.165, 1.54) is 19.3 Å². The van der Waals surface area contributed by atoms with E-state index in [1.807, 2.05) is 12.3 Å². The number of hydrogen-bond acceptors (Lipinski definition) is 2. The smallest absolute Gasteiger partial charge is 0.160 e. The van der Waals surface area contributed by atoms with E-state index in [1.54, 1.807) is 0 Å². The quantitative estimate of drug-likeness (QED) is 0.571. The summed E-state index contributed by atoms with van der Waals surface area (Å²) < 4.78 is 2.21. The third-order valence-corrected chi connectivity index (χ3v) is 3.88. The maximum absolute atomic E-state index is 6.05. The molecule has 2 aromatic rings. The van der Waals surface area contributed by atoms with Crippen molar-refractivity contribution in [3.63, 3.8) is 0 Å². The Kier molecular flexibility index (Phi) is 4.81. The van der Waals surface area contributed by atoms with Gasteiger partial charge in [-0.1, -0.05) is 26.2 Å². The van der Waals surface area contributed by atoms with Gasteiger partial charge in [0.2, 0.25) is 0 Å². The molecule has 2 aromatic heterocycles. The van der Waals surface area contributed by atoms with Gasteiger partial charge in [0, 0.05) is 12.2 Å². The lowest BCUT2D eigenvalue weighted by Gasteiger charge is -2.16. The summed E-state index contributed by atoms with van der Waals surface area (Å²) >= 11 is 6.05. The van der Waals surface area contributed by atoms with Crippen molar-refractivity contribution in [3.8, 4) is 0 Å².